The van der Waals surface area contributed by atoms with E-state index in [2.05, 4.69) is 0 Å². The fraction of sp³-hybridized carbons (Fsp3) is 0.118. The number of aryl methyl sites for hydroxylation is 1. The lowest BCUT2D eigenvalue weighted by molar-refractivity contribution is -0.384. The van der Waals surface area contributed by atoms with Crippen molar-refractivity contribution >= 4 is 28.3 Å². The van der Waals surface area contributed by atoms with Crippen molar-refractivity contribution < 1.29 is 19.2 Å². The van der Waals surface area contributed by atoms with Crippen molar-refractivity contribution in [2.24, 2.45) is 0 Å². The number of aromatic hydroxyl groups is 1. The summed E-state index contributed by atoms with van der Waals surface area (Å²) < 4.78 is 10.8. The maximum atomic E-state index is 11.8. The van der Waals surface area contributed by atoms with Crippen molar-refractivity contribution in [2.75, 3.05) is 0 Å². The number of ether oxygens (including phenoxy) is 1. The second-order valence-corrected chi connectivity index (χ2v) is 5.74. The SMILES string of the molecule is Cc1c(O)ccc2c(COc3ccc([N+](=O)[O-])cc3Cl)cc(=O)oc12. The molecule has 1 heterocycles. The topological polar surface area (TPSA) is 103 Å². The first-order valence-electron chi connectivity index (χ1n) is 7.19. The monoisotopic (exact) mass is 361 g/mol. The Kier molecular flexibility index (Phi) is 4.33. The molecule has 0 aliphatic carbocycles. The van der Waals surface area contributed by atoms with Crippen LogP contribution >= 0.6 is 11.6 Å². The second kappa shape index (κ2) is 6.45. The third-order valence-corrected chi connectivity index (χ3v) is 4.02. The van der Waals surface area contributed by atoms with Crippen molar-refractivity contribution in [3.63, 3.8) is 0 Å². The van der Waals surface area contributed by atoms with Gasteiger partial charge in [-0.05, 0) is 25.1 Å². The van der Waals surface area contributed by atoms with Gasteiger partial charge in [-0.3, -0.25) is 10.1 Å². The highest BCUT2D eigenvalue weighted by Gasteiger charge is 2.13. The summed E-state index contributed by atoms with van der Waals surface area (Å²) >= 11 is 5.99. The molecule has 1 aromatic heterocycles. The van der Waals surface area contributed by atoms with E-state index in [0.717, 1.165) is 0 Å². The van der Waals surface area contributed by atoms with E-state index in [1.54, 1.807) is 13.0 Å². The molecule has 0 spiro atoms. The Hall–Kier alpha value is -3.06. The van der Waals surface area contributed by atoms with Crippen molar-refractivity contribution in [2.45, 2.75) is 13.5 Å². The van der Waals surface area contributed by atoms with Gasteiger partial charge in [-0.1, -0.05) is 11.6 Å². The van der Waals surface area contributed by atoms with Gasteiger partial charge in [-0.2, -0.15) is 0 Å². The van der Waals surface area contributed by atoms with Gasteiger partial charge < -0.3 is 14.3 Å². The number of nitro groups is 1. The Bertz CT molecular complexity index is 1040. The molecule has 0 saturated heterocycles. The van der Waals surface area contributed by atoms with Crippen LogP contribution in [0.25, 0.3) is 11.0 Å². The van der Waals surface area contributed by atoms with E-state index in [-0.39, 0.29) is 34.4 Å². The van der Waals surface area contributed by atoms with Crippen LogP contribution in [0.15, 0.2) is 45.6 Å². The lowest BCUT2D eigenvalue weighted by Crippen LogP contribution is -2.05. The van der Waals surface area contributed by atoms with Crippen LogP contribution in [0.1, 0.15) is 11.1 Å². The standard InChI is InChI=1S/C17H12ClNO6/c1-9-14(20)4-3-12-10(6-16(21)25-17(9)12)8-24-15-5-2-11(19(22)23)7-13(15)18/h2-7,20H,8H2,1H3. The minimum absolute atomic E-state index is 0.00382. The molecule has 1 N–H and O–H groups in total. The number of hydrogen-bond donors (Lipinski definition) is 1. The number of fused-ring (bicyclic) bond motifs is 1. The highest BCUT2D eigenvalue weighted by molar-refractivity contribution is 6.32. The molecule has 0 fully saturated rings. The third kappa shape index (κ3) is 3.27. The largest absolute Gasteiger partial charge is 0.508 e. The number of phenols is 1. The normalized spacial score (nSPS) is 10.8. The zero-order valence-corrected chi connectivity index (χ0v) is 13.7. The zero-order chi connectivity index (χ0) is 18.1. The Morgan fingerprint density at radius 3 is 2.72 bits per heavy atom. The Balaban J connectivity index is 1.95. The van der Waals surface area contributed by atoms with Crippen LogP contribution in [0, 0.1) is 17.0 Å². The van der Waals surface area contributed by atoms with Gasteiger partial charge in [-0.15, -0.1) is 0 Å². The molecule has 0 radical (unpaired) electrons. The highest BCUT2D eigenvalue weighted by Crippen LogP contribution is 2.31. The molecule has 0 atom stereocenters. The summed E-state index contributed by atoms with van der Waals surface area (Å²) in [6.45, 7) is 1.64. The molecular weight excluding hydrogens is 350 g/mol. The first kappa shape index (κ1) is 16.8. The van der Waals surface area contributed by atoms with Crippen LogP contribution in [0.5, 0.6) is 11.5 Å². The molecule has 8 heteroatoms. The summed E-state index contributed by atoms with van der Waals surface area (Å²) in [5.41, 5.74) is 0.554. The minimum Gasteiger partial charge on any atom is -0.508 e. The molecule has 0 amide bonds. The zero-order valence-electron chi connectivity index (χ0n) is 13.0. The van der Waals surface area contributed by atoms with Gasteiger partial charge >= 0.3 is 5.63 Å². The summed E-state index contributed by atoms with van der Waals surface area (Å²) in [6, 6.07) is 8.28. The maximum absolute atomic E-state index is 11.8. The minimum atomic E-state index is -0.574. The van der Waals surface area contributed by atoms with Crippen molar-refractivity contribution in [3.05, 3.63) is 73.1 Å². The van der Waals surface area contributed by atoms with Crippen LogP contribution in [-0.4, -0.2) is 10.0 Å². The second-order valence-electron chi connectivity index (χ2n) is 5.34. The lowest BCUT2D eigenvalue weighted by Gasteiger charge is -2.11. The van der Waals surface area contributed by atoms with Gasteiger partial charge in [0.15, 0.2) is 0 Å². The van der Waals surface area contributed by atoms with E-state index in [1.165, 1.54) is 30.3 Å². The highest BCUT2D eigenvalue weighted by atomic mass is 35.5. The van der Waals surface area contributed by atoms with E-state index in [9.17, 15) is 20.0 Å². The number of hydrogen-bond acceptors (Lipinski definition) is 6. The molecule has 0 saturated carbocycles. The average molecular weight is 362 g/mol. The van der Waals surface area contributed by atoms with Gasteiger partial charge in [-0.25, -0.2) is 4.79 Å². The Morgan fingerprint density at radius 1 is 1.28 bits per heavy atom. The fourth-order valence-electron chi connectivity index (χ4n) is 2.41. The molecule has 25 heavy (non-hydrogen) atoms. The van der Waals surface area contributed by atoms with Crippen LogP contribution in [-0.2, 0) is 6.61 Å². The summed E-state index contributed by atoms with van der Waals surface area (Å²) in [6.07, 6.45) is 0. The smallest absolute Gasteiger partial charge is 0.336 e. The van der Waals surface area contributed by atoms with Crippen molar-refractivity contribution in [1.29, 1.82) is 0 Å². The fourth-order valence-corrected chi connectivity index (χ4v) is 2.64. The van der Waals surface area contributed by atoms with Gasteiger partial charge in [0.05, 0.1) is 9.95 Å². The summed E-state index contributed by atoms with van der Waals surface area (Å²) in [7, 11) is 0. The molecule has 2 aromatic carbocycles. The summed E-state index contributed by atoms with van der Waals surface area (Å²) in [5.74, 6) is 0.274. The molecule has 7 nitrogen and oxygen atoms in total. The van der Waals surface area contributed by atoms with Gasteiger partial charge in [0, 0.05) is 34.7 Å². The first-order valence-corrected chi connectivity index (χ1v) is 7.56. The summed E-state index contributed by atoms with van der Waals surface area (Å²) in [4.78, 5) is 21.9. The van der Waals surface area contributed by atoms with Gasteiger partial charge in [0.1, 0.15) is 23.7 Å². The molecule has 0 aliphatic rings. The Morgan fingerprint density at radius 2 is 2.04 bits per heavy atom. The van der Waals surface area contributed by atoms with Crippen molar-refractivity contribution in [3.8, 4) is 11.5 Å². The molecule has 0 bridgehead atoms. The van der Waals surface area contributed by atoms with E-state index in [0.29, 0.717) is 16.5 Å². The molecule has 0 unspecified atom stereocenters. The molecule has 128 valence electrons. The van der Waals surface area contributed by atoms with Crippen LogP contribution in [0.4, 0.5) is 5.69 Å². The third-order valence-electron chi connectivity index (χ3n) is 3.73. The lowest BCUT2D eigenvalue weighted by atomic mass is 10.1. The predicted octanol–water partition coefficient (Wildman–Crippen LogP) is 3.95. The number of non-ortho nitro benzene ring substituents is 1. The molecule has 3 rings (SSSR count). The number of halogens is 1. The first-order chi connectivity index (χ1) is 11.9. The quantitative estimate of drug-likeness (QED) is 0.429. The average Bonchev–Trinajstić information content (AvgIpc) is 2.57. The molecule has 3 aromatic rings. The number of benzene rings is 2. The van der Waals surface area contributed by atoms with Crippen LogP contribution < -0.4 is 10.4 Å². The van der Waals surface area contributed by atoms with Crippen LogP contribution in [0.3, 0.4) is 0 Å². The van der Waals surface area contributed by atoms with E-state index < -0.39 is 10.5 Å². The van der Waals surface area contributed by atoms with E-state index in [4.69, 9.17) is 20.8 Å². The summed E-state index contributed by atoms with van der Waals surface area (Å²) in [5, 5.41) is 21.2. The maximum Gasteiger partial charge on any atom is 0.336 e. The number of phenolic OH excluding ortho intramolecular Hbond substituents is 1. The number of rotatable bonds is 4. The van der Waals surface area contributed by atoms with Crippen molar-refractivity contribution in [1.82, 2.24) is 0 Å². The van der Waals surface area contributed by atoms with E-state index in [1.807, 2.05) is 0 Å². The number of nitro benzene ring substituents is 1. The Labute approximate surface area is 146 Å². The van der Waals surface area contributed by atoms with Crippen LogP contribution in [0.2, 0.25) is 5.02 Å². The predicted molar refractivity (Wildman–Crippen MR) is 91.3 cm³/mol. The molecular formula is C17H12ClNO6. The number of nitrogens with zero attached hydrogens (tertiary/aromatic N) is 1. The van der Waals surface area contributed by atoms with E-state index >= 15 is 0 Å². The molecule has 0 aliphatic heterocycles. The van der Waals surface area contributed by atoms with Gasteiger partial charge in [0.25, 0.3) is 5.69 Å². The van der Waals surface area contributed by atoms with Gasteiger partial charge in [0.2, 0.25) is 0 Å².